The van der Waals surface area contributed by atoms with Gasteiger partial charge < -0.3 is 19.6 Å². The first kappa shape index (κ1) is 22.8. The molecule has 0 saturated carbocycles. The fourth-order valence-corrected chi connectivity index (χ4v) is 3.48. The molecule has 2 heterocycles. The van der Waals surface area contributed by atoms with Crippen molar-refractivity contribution in [1.82, 2.24) is 5.01 Å². The second-order valence-electron chi connectivity index (χ2n) is 7.74. The lowest BCUT2D eigenvalue weighted by Crippen LogP contribution is -2.31. The largest absolute Gasteiger partial charge is 0.484 e. The summed E-state index contributed by atoms with van der Waals surface area (Å²) in [5.41, 5.74) is 8.04. The number of ether oxygens (including phenoxy) is 2. The number of amides is 2. The number of esters is 1. The van der Waals surface area contributed by atoms with Crippen molar-refractivity contribution in [3.8, 4) is 5.75 Å². The van der Waals surface area contributed by atoms with Crippen LogP contribution in [0.1, 0.15) is 39.7 Å². The smallest absolute Gasteiger partial charge is 0.338 e. The Balaban J connectivity index is 1.43. The van der Waals surface area contributed by atoms with Crippen molar-refractivity contribution in [2.24, 2.45) is 10.8 Å². The molecule has 9 heteroatoms. The van der Waals surface area contributed by atoms with E-state index >= 15 is 0 Å². The summed E-state index contributed by atoms with van der Waals surface area (Å²) in [5.74, 6) is -0.783. The molecule has 9 nitrogen and oxygen atoms in total. The quantitative estimate of drug-likeness (QED) is 0.514. The van der Waals surface area contributed by atoms with Crippen molar-refractivity contribution in [3.05, 3.63) is 89.4 Å². The zero-order valence-electron chi connectivity index (χ0n) is 18.5. The normalized spacial score (nSPS) is 15.0. The van der Waals surface area contributed by atoms with Gasteiger partial charge in [0.15, 0.2) is 13.2 Å². The number of benzene rings is 2. The molecule has 34 heavy (non-hydrogen) atoms. The Morgan fingerprint density at radius 2 is 1.79 bits per heavy atom. The van der Waals surface area contributed by atoms with E-state index in [9.17, 15) is 14.4 Å². The zero-order chi connectivity index (χ0) is 24.1. The molecule has 2 N–H and O–H groups in total. The predicted molar refractivity (Wildman–Crippen MR) is 122 cm³/mol. The van der Waals surface area contributed by atoms with Crippen LogP contribution in [0.15, 0.2) is 76.4 Å². The van der Waals surface area contributed by atoms with Crippen molar-refractivity contribution in [3.63, 3.8) is 0 Å². The highest BCUT2D eigenvalue weighted by Gasteiger charge is 2.35. The summed E-state index contributed by atoms with van der Waals surface area (Å²) in [6, 6.07) is 16.9. The average Bonchev–Trinajstić information content (AvgIpc) is 3.52. The van der Waals surface area contributed by atoms with Gasteiger partial charge in [0.1, 0.15) is 17.6 Å². The number of hydrazone groups is 1. The van der Waals surface area contributed by atoms with Crippen LogP contribution < -0.4 is 10.5 Å². The highest BCUT2D eigenvalue weighted by molar-refractivity contribution is 6.03. The van der Waals surface area contributed by atoms with Crippen LogP contribution in [0, 0.1) is 6.92 Å². The third kappa shape index (κ3) is 5.32. The number of nitrogens with zero attached hydrogens (tertiary/aromatic N) is 2. The molecule has 0 radical (unpaired) electrons. The Morgan fingerprint density at radius 3 is 2.44 bits per heavy atom. The Hall–Kier alpha value is -4.40. The van der Waals surface area contributed by atoms with Crippen LogP contribution in [0.25, 0.3) is 0 Å². The van der Waals surface area contributed by atoms with Gasteiger partial charge in [0.05, 0.1) is 17.5 Å². The molecule has 0 bridgehead atoms. The van der Waals surface area contributed by atoms with E-state index in [1.807, 2.05) is 31.2 Å². The summed E-state index contributed by atoms with van der Waals surface area (Å²) < 4.78 is 15.9. The number of carbonyl (C=O) groups excluding carboxylic acids is 3. The Bertz CT molecular complexity index is 1200. The molecule has 0 spiro atoms. The number of aryl methyl sites for hydroxylation is 1. The van der Waals surface area contributed by atoms with E-state index in [1.54, 1.807) is 18.4 Å². The van der Waals surface area contributed by atoms with Crippen LogP contribution in [-0.4, -0.2) is 41.7 Å². The highest BCUT2D eigenvalue weighted by atomic mass is 16.5. The molecule has 174 valence electrons. The summed E-state index contributed by atoms with van der Waals surface area (Å²) in [6.07, 6.45) is 2.02. The standard InChI is InChI=1S/C25H23N3O6/c1-16-4-6-17(7-5-16)20-13-21(22-3-2-12-32-22)28(27-20)24(30)15-34-25(31)18-8-10-19(11-9-18)33-14-23(26)29/h2-12,21H,13-15H2,1H3,(H2,26,29)/t21-/m0/s1. The molecule has 4 rings (SSSR count). The van der Waals surface area contributed by atoms with Crippen molar-refractivity contribution >= 4 is 23.5 Å². The Labute approximate surface area is 195 Å². The summed E-state index contributed by atoms with van der Waals surface area (Å²) >= 11 is 0. The molecule has 2 aromatic carbocycles. The van der Waals surface area contributed by atoms with Crippen LogP contribution in [-0.2, 0) is 14.3 Å². The van der Waals surface area contributed by atoms with Crippen LogP contribution in [0.2, 0.25) is 0 Å². The Morgan fingerprint density at radius 1 is 1.06 bits per heavy atom. The van der Waals surface area contributed by atoms with Crippen LogP contribution >= 0.6 is 0 Å². The van der Waals surface area contributed by atoms with Gasteiger partial charge in [-0.1, -0.05) is 29.8 Å². The number of furan rings is 1. The van der Waals surface area contributed by atoms with Gasteiger partial charge in [-0.15, -0.1) is 0 Å². The molecular weight excluding hydrogens is 438 g/mol. The second kappa shape index (κ2) is 10.0. The fraction of sp³-hybridized carbons (Fsp3) is 0.200. The molecule has 1 aliphatic rings. The van der Waals surface area contributed by atoms with Crippen LogP contribution in [0.4, 0.5) is 0 Å². The van der Waals surface area contributed by atoms with Gasteiger partial charge in [-0.25, -0.2) is 9.80 Å². The molecule has 1 aliphatic heterocycles. The molecule has 0 aliphatic carbocycles. The van der Waals surface area contributed by atoms with Gasteiger partial charge in [-0.2, -0.15) is 5.10 Å². The summed E-state index contributed by atoms with van der Waals surface area (Å²) in [4.78, 5) is 36.2. The molecule has 1 aromatic heterocycles. The van der Waals surface area contributed by atoms with Gasteiger partial charge >= 0.3 is 5.97 Å². The summed E-state index contributed by atoms with van der Waals surface area (Å²) in [5, 5.41) is 5.82. The van der Waals surface area contributed by atoms with E-state index in [0.29, 0.717) is 17.9 Å². The monoisotopic (exact) mass is 461 g/mol. The predicted octanol–water partition coefficient (Wildman–Crippen LogP) is 2.99. The van der Waals surface area contributed by atoms with Gasteiger partial charge in [-0.05, 0) is 48.9 Å². The number of primary amides is 1. The van der Waals surface area contributed by atoms with E-state index in [0.717, 1.165) is 16.8 Å². The zero-order valence-corrected chi connectivity index (χ0v) is 18.5. The van der Waals surface area contributed by atoms with Crippen molar-refractivity contribution < 1.29 is 28.3 Å². The third-order valence-corrected chi connectivity index (χ3v) is 5.22. The lowest BCUT2D eigenvalue weighted by Gasteiger charge is -2.19. The first-order valence-electron chi connectivity index (χ1n) is 10.6. The van der Waals surface area contributed by atoms with Crippen molar-refractivity contribution in [1.29, 1.82) is 0 Å². The number of rotatable bonds is 8. The van der Waals surface area contributed by atoms with E-state index < -0.39 is 30.4 Å². The number of carbonyl (C=O) groups is 3. The van der Waals surface area contributed by atoms with Crippen LogP contribution in [0.3, 0.4) is 0 Å². The highest BCUT2D eigenvalue weighted by Crippen LogP contribution is 2.33. The number of hydrogen-bond donors (Lipinski definition) is 1. The maximum absolute atomic E-state index is 13.0. The SMILES string of the molecule is Cc1ccc(C2=NN(C(=O)COC(=O)c3ccc(OCC(N)=O)cc3)[C@H](c3ccco3)C2)cc1. The maximum Gasteiger partial charge on any atom is 0.338 e. The number of hydrogen-bond acceptors (Lipinski definition) is 7. The third-order valence-electron chi connectivity index (χ3n) is 5.22. The molecule has 0 saturated heterocycles. The first-order chi connectivity index (χ1) is 16.4. The molecule has 0 unspecified atom stereocenters. The number of nitrogens with two attached hydrogens (primary N) is 1. The summed E-state index contributed by atoms with van der Waals surface area (Å²) in [7, 11) is 0. The topological polar surface area (TPSA) is 124 Å². The molecule has 1 atom stereocenters. The van der Waals surface area contributed by atoms with Crippen molar-refractivity contribution in [2.45, 2.75) is 19.4 Å². The summed E-state index contributed by atoms with van der Waals surface area (Å²) in [6.45, 7) is 1.24. The maximum atomic E-state index is 13.0. The van der Waals surface area contributed by atoms with Crippen molar-refractivity contribution in [2.75, 3.05) is 13.2 Å². The van der Waals surface area contributed by atoms with Gasteiger partial charge in [0.25, 0.3) is 11.8 Å². The molecule has 0 fully saturated rings. The van der Waals surface area contributed by atoms with Crippen LogP contribution in [0.5, 0.6) is 5.75 Å². The van der Waals surface area contributed by atoms with E-state index in [1.165, 1.54) is 29.3 Å². The minimum atomic E-state index is -0.675. The van der Waals surface area contributed by atoms with Gasteiger partial charge in [0.2, 0.25) is 0 Å². The molecule has 2 amide bonds. The lowest BCUT2D eigenvalue weighted by molar-refractivity contribution is -0.136. The van der Waals surface area contributed by atoms with E-state index in [4.69, 9.17) is 19.6 Å². The van der Waals surface area contributed by atoms with Gasteiger partial charge in [-0.3, -0.25) is 9.59 Å². The fourth-order valence-electron chi connectivity index (χ4n) is 3.48. The average molecular weight is 461 g/mol. The second-order valence-corrected chi connectivity index (χ2v) is 7.74. The molecule has 3 aromatic rings. The van der Waals surface area contributed by atoms with E-state index in [2.05, 4.69) is 5.10 Å². The minimum Gasteiger partial charge on any atom is -0.484 e. The Kier molecular flexibility index (Phi) is 6.72. The van der Waals surface area contributed by atoms with Gasteiger partial charge in [0, 0.05) is 6.42 Å². The van der Waals surface area contributed by atoms with E-state index in [-0.39, 0.29) is 12.2 Å². The minimum absolute atomic E-state index is 0.229. The lowest BCUT2D eigenvalue weighted by atomic mass is 10.0. The first-order valence-corrected chi connectivity index (χ1v) is 10.6. The molecular formula is C25H23N3O6.